The van der Waals surface area contributed by atoms with Crippen LogP contribution in [0.15, 0.2) is 24.3 Å². The van der Waals surface area contributed by atoms with Crippen LogP contribution in [0, 0.1) is 0 Å². The van der Waals surface area contributed by atoms with Crippen molar-refractivity contribution < 1.29 is 14.2 Å². The van der Waals surface area contributed by atoms with Gasteiger partial charge in [-0.1, -0.05) is 121 Å². The van der Waals surface area contributed by atoms with Gasteiger partial charge in [-0.3, -0.25) is 4.74 Å². The van der Waals surface area contributed by atoms with Gasteiger partial charge in [-0.05, 0) is 59.8 Å². The van der Waals surface area contributed by atoms with Gasteiger partial charge in [0.15, 0.2) is 0 Å². The van der Waals surface area contributed by atoms with Gasteiger partial charge in [0, 0.05) is 11.1 Å². The molecule has 0 fully saturated rings. The molecule has 0 saturated heterocycles. The van der Waals surface area contributed by atoms with Crippen LogP contribution in [0.2, 0.25) is 0 Å². The van der Waals surface area contributed by atoms with E-state index >= 15 is 0 Å². The zero-order valence-corrected chi connectivity index (χ0v) is 27.3. The molecule has 2 aromatic carbocycles. The minimum absolute atomic E-state index is 0.0299. The lowest BCUT2D eigenvalue weighted by Crippen LogP contribution is -2.33. The molecule has 2 aliphatic heterocycles. The van der Waals surface area contributed by atoms with Crippen molar-refractivity contribution in [3.05, 3.63) is 57.6 Å². The van der Waals surface area contributed by atoms with Gasteiger partial charge in [-0.25, -0.2) is 0 Å². The van der Waals surface area contributed by atoms with E-state index in [2.05, 4.69) is 79.7 Å². The lowest BCUT2D eigenvalue weighted by Gasteiger charge is -2.42. The average Bonchev–Trinajstić information content (AvgIpc) is 2.90. The number of hydrogen-bond donors (Lipinski definition) is 0. The van der Waals surface area contributed by atoms with Crippen molar-refractivity contribution in [2.45, 2.75) is 158 Å². The molecule has 0 N–H and O–H groups in total. The summed E-state index contributed by atoms with van der Waals surface area (Å²) in [4.78, 5) is 0. The summed E-state index contributed by atoms with van der Waals surface area (Å²) >= 11 is 0. The first kappa shape index (κ1) is 33.2. The third kappa shape index (κ3) is 8.03. The second-order valence-corrected chi connectivity index (χ2v) is 12.6. The lowest BCUT2D eigenvalue weighted by molar-refractivity contribution is -0.228. The fourth-order valence-corrected chi connectivity index (χ4v) is 5.26. The SMILES string of the molecule is CC.CC.CCCCCc1cc2c(c(C(C)(C)C)c1)OC1OC2Oc2c1cc(CCCCC)cc2C(C)(C)C. The van der Waals surface area contributed by atoms with Gasteiger partial charge < -0.3 is 9.47 Å². The first-order valence-corrected chi connectivity index (χ1v) is 15.9. The molecule has 220 valence electrons. The fraction of sp³-hybridized carbons (Fsp3) is 0.667. The molecule has 0 aromatic heterocycles. The van der Waals surface area contributed by atoms with Crippen LogP contribution in [-0.2, 0) is 28.4 Å². The van der Waals surface area contributed by atoms with E-state index in [0.29, 0.717) is 0 Å². The molecule has 3 heteroatoms. The Balaban J connectivity index is 0.00000127. The predicted molar refractivity (Wildman–Crippen MR) is 167 cm³/mol. The van der Waals surface area contributed by atoms with Crippen molar-refractivity contribution in [3.8, 4) is 11.5 Å². The first-order valence-electron chi connectivity index (χ1n) is 15.9. The quantitative estimate of drug-likeness (QED) is 0.313. The minimum Gasteiger partial charge on any atom is -0.459 e. The second kappa shape index (κ2) is 14.6. The van der Waals surface area contributed by atoms with E-state index in [0.717, 1.165) is 35.5 Å². The summed E-state index contributed by atoms with van der Waals surface area (Å²) in [6.07, 6.45) is 8.63. The lowest BCUT2D eigenvalue weighted by atomic mass is 9.81. The third-order valence-corrected chi connectivity index (χ3v) is 7.31. The molecule has 2 bridgehead atoms. The van der Waals surface area contributed by atoms with E-state index in [1.54, 1.807) is 0 Å². The van der Waals surface area contributed by atoms with E-state index in [9.17, 15) is 0 Å². The van der Waals surface area contributed by atoms with E-state index < -0.39 is 12.6 Å². The molecule has 2 aromatic rings. The molecule has 4 rings (SSSR count). The van der Waals surface area contributed by atoms with Crippen LogP contribution in [0.4, 0.5) is 0 Å². The van der Waals surface area contributed by atoms with E-state index in [-0.39, 0.29) is 10.8 Å². The summed E-state index contributed by atoms with van der Waals surface area (Å²) in [5.41, 5.74) is 7.23. The Labute approximate surface area is 241 Å². The van der Waals surface area contributed by atoms with Crippen molar-refractivity contribution in [1.82, 2.24) is 0 Å². The summed E-state index contributed by atoms with van der Waals surface area (Å²) in [7, 11) is 0. The number of unbranched alkanes of at least 4 members (excludes halogenated alkanes) is 4. The number of hydrogen-bond acceptors (Lipinski definition) is 3. The molecule has 0 radical (unpaired) electrons. The van der Waals surface area contributed by atoms with Crippen LogP contribution in [-0.4, -0.2) is 0 Å². The molecule has 2 unspecified atom stereocenters. The minimum atomic E-state index is -0.435. The molecule has 39 heavy (non-hydrogen) atoms. The topological polar surface area (TPSA) is 27.7 Å². The summed E-state index contributed by atoms with van der Waals surface area (Å²) in [5, 5.41) is 0. The molecular formula is C36H58O3. The van der Waals surface area contributed by atoms with Crippen molar-refractivity contribution >= 4 is 0 Å². The first-order chi connectivity index (χ1) is 18.5. The van der Waals surface area contributed by atoms with Gasteiger partial charge in [-0.2, -0.15) is 0 Å². The Bertz CT molecular complexity index is 955. The van der Waals surface area contributed by atoms with Crippen LogP contribution in [0.1, 0.15) is 168 Å². The maximum absolute atomic E-state index is 6.71. The molecule has 2 aliphatic rings. The van der Waals surface area contributed by atoms with E-state index in [4.69, 9.17) is 14.2 Å². The van der Waals surface area contributed by atoms with Gasteiger partial charge in [0.1, 0.15) is 11.5 Å². The maximum atomic E-state index is 6.71. The third-order valence-electron chi connectivity index (χ3n) is 7.31. The van der Waals surface area contributed by atoms with Crippen LogP contribution in [0.3, 0.4) is 0 Å². The van der Waals surface area contributed by atoms with Crippen LogP contribution in [0.25, 0.3) is 0 Å². The van der Waals surface area contributed by atoms with Crippen LogP contribution < -0.4 is 9.47 Å². The normalized spacial score (nSPS) is 17.3. The van der Waals surface area contributed by atoms with E-state index in [1.165, 1.54) is 60.8 Å². The fourth-order valence-electron chi connectivity index (χ4n) is 5.26. The van der Waals surface area contributed by atoms with Crippen LogP contribution in [0.5, 0.6) is 11.5 Å². The molecule has 2 heterocycles. The number of fused-ring (bicyclic) bond motifs is 6. The molecule has 0 amide bonds. The zero-order valence-electron chi connectivity index (χ0n) is 27.3. The Morgan fingerprint density at radius 2 is 0.923 bits per heavy atom. The number of aryl methyl sites for hydroxylation is 2. The Morgan fingerprint density at radius 3 is 1.23 bits per heavy atom. The average molecular weight is 539 g/mol. The van der Waals surface area contributed by atoms with Crippen molar-refractivity contribution in [2.24, 2.45) is 0 Å². The molecular weight excluding hydrogens is 480 g/mol. The Kier molecular flexibility index (Phi) is 12.4. The van der Waals surface area contributed by atoms with Gasteiger partial charge >= 0.3 is 0 Å². The summed E-state index contributed by atoms with van der Waals surface area (Å²) in [6, 6.07) is 9.25. The van der Waals surface area contributed by atoms with E-state index in [1.807, 2.05) is 27.7 Å². The summed E-state index contributed by atoms with van der Waals surface area (Å²) < 4.78 is 19.9. The van der Waals surface area contributed by atoms with Gasteiger partial charge in [0.25, 0.3) is 0 Å². The molecule has 0 saturated carbocycles. The monoisotopic (exact) mass is 538 g/mol. The highest BCUT2D eigenvalue weighted by Gasteiger charge is 2.42. The van der Waals surface area contributed by atoms with Crippen LogP contribution >= 0.6 is 0 Å². The highest BCUT2D eigenvalue weighted by Crippen LogP contribution is 2.53. The molecule has 2 atom stereocenters. The second-order valence-electron chi connectivity index (χ2n) is 12.6. The Hall–Kier alpha value is -2.00. The molecule has 3 nitrogen and oxygen atoms in total. The smallest absolute Gasteiger partial charge is 0.233 e. The summed E-state index contributed by atoms with van der Waals surface area (Å²) in [6.45, 7) is 26.1. The van der Waals surface area contributed by atoms with Crippen molar-refractivity contribution in [2.75, 3.05) is 0 Å². The largest absolute Gasteiger partial charge is 0.459 e. The highest BCUT2D eigenvalue weighted by atomic mass is 16.8. The molecule has 0 spiro atoms. The summed E-state index contributed by atoms with van der Waals surface area (Å²) in [5.74, 6) is 1.91. The number of ether oxygens (including phenoxy) is 3. The molecule has 0 aliphatic carbocycles. The van der Waals surface area contributed by atoms with Gasteiger partial charge in [0.2, 0.25) is 12.6 Å². The Morgan fingerprint density at radius 1 is 0.564 bits per heavy atom. The maximum Gasteiger partial charge on any atom is 0.233 e. The van der Waals surface area contributed by atoms with Crippen molar-refractivity contribution in [3.63, 3.8) is 0 Å². The van der Waals surface area contributed by atoms with Gasteiger partial charge in [-0.15, -0.1) is 0 Å². The van der Waals surface area contributed by atoms with Crippen molar-refractivity contribution in [1.29, 1.82) is 0 Å². The highest BCUT2D eigenvalue weighted by molar-refractivity contribution is 5.55. The number of rotatable bonds is 8. The van der Waals surface area contributed by atoms with Gasteiger partial charge in [0.05, 0.1) is 11.1 Å². The number of benzene rings is 2. The zero-order chi connectivity index (χ0) is 29.4. The standard InChI is InChI=1S/C32H46O3.2C2H6/c1-9-11-13-15-21-17-23-27(25(19-21)31(3,4)5)33-30-24-18-22(16-14-12-10-2)20-26(32(6,7)8)28(24)34-29(23)35-30;2*1-2/h17-20,29-30H,9-16H2,1-8H3;2*1-2H3. The predicted octanol–water partition coefficient (Wildman–Crippen LogP) is 11.3.